The minimum Gasteiger partial charge on any atom is -0.497 e. The smallest absolute Gasteiger partial charge is 0.191 e. The number of aliphatic imine (C=N–C) groups is 1. The van der Waals surface area contributed by atoms with Crippen molar-refractivity contribution in [2.75, 3.05) is 27.3 Å². The third-order valence-corrected chi connectivity index (χ3v) is 4.60. The zero-order valence-electron chi connectivity index (χ0n) is 15.9. The fourth-order valence-corrected chi connectivity index (χ4v) is 3.09. The summed E-state index contributed by atoms with van der Waals surface area (Å²) in [4.78, 5) is 8.85. The Kier molecular flexibility index (Phi) is 8.21. The maximum absolute atomic E-state index is 5.71. The molecule has 0 amide bonds. The van der Waals surface area contributed by atoms with Crippen LogP contribution >= 0.6 is 11.3 Å². The lowest BCUT2D eigenvalue weighted by Crippen LogP contribution is -2.37. The second-order valence-electron chi connectivity index (χ2n) is 6.05. The van der Waals surface area contributed by atoms with Gasteiger partial charge in [0.2, 0.25) is 0 Å². The highest BCUT2D eigenvalue weighted by Crippen LogP contribution is 2.18. The Morgan fingerprint density at radius 1 is 1.19 bits per heavy atom. The molecule has 0 saturated heterocycles. The van der Waals surface area contributed by atoms with Crippen molar-refractivity contribution in [3.05, 3.63) is 40.3 Å². The molecule has 0 radical (unpaired) electrons. The van der Waals surface area contributed by atoms with Gasteiger partial charge in [0.05, 0.1) is 26.0 Å². The second-order valence-corrected chi connectivity index (χ2v) is 6.99. The largest absolute Gasteiger partial charge is 0.497 e. The number of aromatic nitrogens is 1. The molecule has 0 fully saturated rings. The molecule has 0 aliphatic heterocycles. The van der Waals surface area contributed by atoms with E-state index in [9.17, 15) is 0 Å². The summed E-state index contributed by atoms with van der Waals surface area (Å²) in [7, 11) is 3.42. The highest BCUT2D eigenvalue weighted by Gasteiger charge is 2.06. The van der Waals surface area contributed by atoms with Crippen molar-refractivity contribution in [3.63, 3.8) is 0 Å². The van der Waals surface area contributed by atoms with Crippen LogP contribution in [0.2, 0.25) is 0 Å². The van der Waals surface area contributed by atoms with Crippen molar-refractivity contribution in [1.29, 1.82) is 0 Å². The molecule has 1 heterocycles. The molecule has 2 N–H and O–H groups in total. The zero-order valence-corrected chi connectivity index (χ0v) is 16.7. The minimum absolute atomic E-state index is 0.461. The average Bonchev–Trinajstić information content (AvgIpc) is 3.14. The summed E-state index contributed by atoms with van der Waals surface area (Å²) in [5.74, 6) is 2.91. The summed E-state index contributed by atoms with van der Waals surface area (Å²) in [5, 5.41) is 9.77. The molecule has 0 bridgehead atoms. The van der Waals surface area contributed by atoms with E-state index in [4.69, 9.17) is 9.47 Å². The molecule has 7 heteroatoms. The Bertz CT molecular complexity index is 683. The fraction of sp³-hybridized carbons (Fsp3) is 0.474. The second kappa shape index (κ2) is 10.7. The van der Waals surface area contributed by atoms with Gasteiger partial charge >= 0.3 is 0 Å². The summed E-state index contributed by atoms with van der Waals surface area (Å²) in [6.07, 6.45) is 0.876. The van der Waals surface area contributed by atoms with Gasteiger partial charge in [-0.05, 0) is 36.6 Å². The minimum atomic E-state index is 0.461. The van der Waals surface area contributed by atoms with E-state index in [2.05, 4.69) is 39.8 Å². The molecule has 1 aromatic carbocycles. The molecule has 0 aliphatic carbocycles. The predicted octanol–water partition coefficient (Wildman–Crippen LogP) is 3.41. The number of thiazole rings is 1. The van der Waals surface area contributed by atoms with Crippen molar-refractivity contribution >= 4 is 17.3 Å². The lowest BCUT2D eigenvalue weighted by molar-refractivity contribution is 0.310. The van der Waals surface area contributed by atoms with Gasteiger partial charge in [0.1, 0.15) is 16.5 Å². The Labute approximate surface area is 159 Å². The van der Waals surface area contributed by atoms with E-state index in [-0.39, 0.29) is 0 Å². The van der Waals surface area contributed by atoms with Gasteiger partial charge in [-0.15, -0.1) is 11.3 Å². The molecule has 142 valence electrons. The van der Waals surface area contributed by atoms with Gasteiger partial charge in [0, 0.05) is 19.0 Å². The molecular formula is C19H28N4O2S. The van der Waals surface area contributed by atoms with Crippen LogP contribution in [0.15, 0.2) is 34.6 Å². The summed E-state index contributed by atoms with van der Waals surface area (Å²) < 4.78 is 10.8. The standard InChI is InChI=1S/C19H28N4O2S/c1-14(2)17-13-26-18(23-17)12-22-19(20-3)21-10-5-11-25-16-8-6-15(24-4)7-9-16/h6-9,13-14H,5,10-12H2,1-4H3,(H2,20,21,22). The normalized spacial score (nSPS) is 11.5. The highest BCUT2D eigenvalue weighted by molar-refractivity contribution is 7.09. The summed E-state index contributed by atoms with van der Waals surface area (Å²) in [6, 6.07) is 7.60. The lowest BCUT2D eigenvalue weighted by Gasteiger charge is -2.11. The number of benzene rings is 1. The molecule has 0 saturated carbocycles. The van der Waals surface area contributed by atoms with Crippen LogP contribution in [-0.2, 0) is 6.54 Å². The van der Waals surface area contributed by atoms with Crippen molar-refractivity contribution in [2.45, 2.75) is 32.7 Å². The monoisotopic (exact) mass is 376 g/mol. The Morgan fingerprint density at radius 3 is 2.54 bits per heavy atom. The highest BCUT2D eigenvalue weighted by atomic mass is 32.1. The summed E-state index contributed by atoms with van der Waals surface area (Å²) in [6.45, 7) is 6.41. The van der Waals surface area contributed by atoms with Crippen molar-refractivity contribution in [1.82, 2.24) is 15.6 Å². The molecule has 26 heavy (non-hydrogen) atoms. The number of methoxy groups -OCH3 is 1. The van der Waals surface area contributed by atoms with E-state index in [0.29, 0.717) is 19.1 Å². The molecule has 0 unspecified atom stereocenters. The first-order valence-electron chi connectivity index (χ1n) is 8.78. The van der Waals surface area contributed by atoms with Gasteiger partial charge in [-0.3, -0.25) is 4.99 Å². The van der Waals surface area contributed by atoms with Crippen LogP contribution in [0.1, 0.15) is 36.9 Å². The van der Waals surface area contributed by atoms with Crippen molar-refractivity contribution in [3.8, 4) is 11.5 Å². The zero-order chi connectivity index (χ0) is 18.8. The van der Waals surface area contributed by atoms with Crippen LogP contribution in [0.3, 0.4) is 0 Å². The van der Waals surface area contributed by atoms with Crippen LogP contribution in [-0.4, -0.2) is 38.3 Å². The van der Waals surface area contributed by atoms with Crippen LogP contribution in [0, 0.1) is 0 Å². The predicted molar refractivity (Wildman–Crippen MR) is 108 cm³/mol. The summed E-state index contributed by atoms with van der Waals surface area (Å²) in [5.41, 5.74) is 1.14. The summed E-state index contributed by atoms with van der Waals surface area (Å²) >= 11 is 1.68. The van der Waals surface area contributed by atoms with E-state index in [1.54, 1.807) is 25.5 Å². The van der Waals surface area contributed by atoms with Gasteiger partial charge in [0.15, 0.2) is 5.96 Å². The van der Waals surface area contributed by atoms with Crippen LogP contribution in [0.25, 0.3) is 0 Å². The maximum atomic E-state index is 5.71. The number of nitrogens with one attached hydrogen (secondary N) is 2. The Morgan fingerprint density at radius 2 is 1.92 bits per heavy atom. The van der Waals surface area contributed by atoms with E-state index < -0.39 is 0 Å². The quantitative estimate of drug-likeness (QED) is 0.399. The van der Waals surface area contributed by atoms with Gasteiger partial charge in [-0.1, -0.05) is 13.8 Å². The number of nitrogens with zero attached hydrogens (tertiary/aromatic N) is 2. The van der Waals surface area contributed by atoms with Crippen molar-refractivity contribution in [2.24, 2.45) is 4.99 Å². The first-order valence-corrected chi connectivity index (χ1v) is 9.66. The molecule has 0 atom stereocenters. The van der Waals surface area contributed by atoms with Gasteiger partial charge in [0.25, 0.3) is 0 Å². The third-order valence-electron chi connectivity index (χ3n) is 3.73. The maximum Gasteiger partial charge on any atom is 0.191 e. The SMILES string of the molecule is CN=C(NCCCOc1ccc(OC)cc1)NCc1nc(C(C)C)cs1. The Hall–Kier alpha value is -2.28. The van der Waals surface area contributed by atoms with E-state index in [1.807, 2.05) is 24.3 Å². The molecule has 2 rings (SSSR count). The molecule has 6 nitrogen and oxygen atoms in total. The van der Waals surface area contributed by atoms with E-state index in [0.717, 1.165) is 41.1 Å². The number of rotatable bonds is 9. The topological polar surface area (TPSA) is 67.8 Å². The number of ether oxygens (including phenoxy) is 2. The Balaban J connectivity index is 1.63. The lowest BCUT2D eigenvalue weighted by atomic mass is 10.2. The molecular weight excluding hydrogens is 348 g/mol. The third kappa shape index (κ3) is 6.55. The number of hydrogen-bond acceptors (Lipinski definition) is 5. The molecule has 0 aliphatic rings. The van der Waals surface area contributed by atoms with Crippen LogP contribution in [0.4, 0.5) is 0 Å². The number of guanidine groups is 1. The average molecular weight is 377 g/mol. The first-order chi connectivity index (χ1) is 12.6. The van der Waals surface area contributed by atoms with E-state index >= 15 is 0 Å². The van der Waals surface area contributed by atoms with Gasteiger partial charge < -0.3 is 20.1 Å². The van der Waals surface area contributed by atoms with Gasteiger partial charge in [-0.25, -0.2) is 4.98 Å². The van der Waals surface area contributed by atoms with Gasteiger partial charge in [-0.2, -0.15) is 0 Å². The fourth-order valence-electron chi connectivity index (χ4n) is 2.19. The molecule has 0 spiro atoms. The molecule has 1 aromatic heterocycles. The molecule has 2 aromatic rings. The van der Waals surface area contributed by atoms with E-state index in [1.165, 1.54) is 0 Å². The van der Waals surface area contributed by atoms with Crippen LogP contribution < -0.4 is 20.1 Å². The number of hydrogen-bond donors (Lipinski definition) is 2. The van der Waals surface area contributed by atoms with Crippen molar-refractivity contribution < 1.29 is 9.47 Å². The van der Waals surface area contributed by atoms with Crippen LogP contribution in [0.5, 0.6) is 11.5 Å². The first kappa shape index (κ1) is 20.0.